The molecule has 0 bridgehead atoms. The summed E-state index contributed by atoms with van der Waals surface area (Å²) in [6.45, 7) is 2.68. The standard InChI is InChI=1S/C19H24N2O3/c22-17(16-7-4-12-24-16)21-10-8-19(9-11-21)15(13-20-18(19)23)14-5-2-1-3-6-14/h1-3,5-6,15-16H,4,7-13H2,(H,20,23)/t15-,16-/m1/s1. The molecule has 4 rings (SSSR count). The maximum atomic E-state index is 12.6. The molecule has 3 fully saturated rings. The van der Waals surface area contributed by atoms with E-state index in [0.29, 0.717) is 26.2 Å². The lowest BCUT2D eigenvalue weighted by molar-refractivity contribution is -0.146. The average molecular weight is 328 g/mol. The number of likely N-dealkylation sites (tertiary alicyclic amines) is 1. The number of nitrogens with zero attached hydrogens (tertiary/aromatic N) is 1. The third kappa shape index (κ3) is 2.51. The van der Waals surface area contributed by atoms with Gasteiger partial charge in [0.25, 0.3) is 5.91 Å². The highest BCUT2D eigenvalue weighted by atomic mass is 16.5. The summed E-state index contributed by atoms with van der Waals surface area (Å²) in [6, 6.07) is 10.3. The first kappa shape index (κ1) is 15.6. The maximum Gasteiger partial charge on any atom is 0.251 e. The molecule has 24 heavy (non-hydrogen) atoms. The zero-order chi connectivity index (χ0) is 16.6. The highest BCUT2D eigenvalue weighted by molar-refractivity contribution is 5.87. The monoisotopic (exact) mass is 328 g/mol. The summed E-state index contributed by atoms with van der Waals surface area (Å²) in [5, 5.41) is 3.06. The Kier molecular flexibility index (Phi) is 4.04. The Bertz CT molecular complexity index is 617. The predicted molar refractivity (Wildman–Crippen MR) is 89.4 cm³/mol. The SMILES string of the molecule is O=C([C@H]1CCCO1)N1CCC2(CC1)C(=O)NC[C@@H]2c1ccccc1. The zero-order valence-electron chi connectivity index (χ0n) is 13.9. The summed E-state index contributed by atoms with van der Waals surface area (Å²) in [6.07, 6.45) is 3.00. The fourth-order valence-electron chi connectivity index (χ4n) is 4.52. The number of amides is 2. The topological polar surface area (TPSA) is 58.6 Å². The minimum absolute atomic E-state index is 0.108. The highest BCUT2D eigenvalue weighted by Gasteiger charge is 2.52. The summed E-state index contributed by atoms with van der Waals surface area (Å²) in [4.78, 5) is 27.1. The van der Waals surface area contributed by atoms with Gasteiger partial charge in [-0.3, -0.25) is 9.59 Å². The lowest BCUT2D eigenvalue weighted by Gasteiger charge is -2.41. The molecule has 5 nitrogen and oxygen atoms in total. The van der Waals surface area contributed by atoms with Gasteiger partial charge in [0.2, 0.25) is 5.91 Å². The number of ether oxygens (including phenoxy) is 1. The second-order valence-corrected chi connectivity index (χ2v) is 7.16. The lowest BCUT2D eigenvalue weighted by Crippen LogP contribution is -2.50. The molecule has 2 amide bonds. The van der Waals surface area contributed by atoms with Crippen LogP contribution in [-0.2, 0) is 14.3 Å². The summed E-state index contributed by atoms with van der Waals surface area (Å²) in [7, 11) is 0. The molecule has 2 atom stereocenters. The third-order valence-corrected chi connectivity index (χ3v) is 5.96. The van der Waals surface area contributed by atoms with Gasteiger partial charge in [-0.1, -0.05) is 30.3 Å². The van der Waals surface area contributed by atoms with Gasteiger partial charge in [-0.2, -0.15) is 0 Å². The van der Waals surface area contributed by atoms with Crippen molar-refractivity contribution >= 4 is 11.8 Å². The first-order valence-corrected chi connectivity index (χ1v) is 8.94. The van der Waals surface area contributed by atoms with E-state index >= 15 is 0 Å². The van der Waals surface area contributed by atoms with Crippen LogP contribution in [0, 0.1) is 5.41 Å². The second-order valence-electron chi connectivity index (χ2n) is 7.16. The first-order valence-electron chi connectivity index (χ1n) is 8.94. The van der Waals surface area contributed by atoms with Crippen molar-refractivity contribution in [1.82, 2.24) is 10.2 Å². The van der Waals surface area contributed by atoms with E-state index in [-0.39, 0.29) is 29.3 Å². The van der Waals surface area contributed by atoms with Gasteiger partial charge in [0.05, 0.1) is 5.41 Å². The van der Waals surface area contributed by atoms with Crippen LogP contribution in [0.15, 0.2) is 30.3 Å². The number of benzene rings is 1. The molecule has 0 aliphatic carbocycles. The number of carbonyl (C=O) groups excluding carboxylic acids is 2. The van der Waals surface area contributed by atoms with Crippen LogP contribution in [0.1, 0.15) is 37.2 Å². The largest absolute Gasteiger partial charge is 0.368 e. The highest BCUT2D eigenvalue weighted by Crippen LogP contribution is 2.47. The van der Waals surface area contributed by atoms with Gasteiger partial charge in [0.1, 0.15) is 6.10 Å². The Hall–Kier alpha value is -1.88. The number of rotatable bonds is 2. The summed E-state index contributed by atoms with van der Waals surface area (Å²) in [5.74, 6) is 0.462. The fourth-order valence-corrected chi connectivity index (χ4v) is 4.52. The maximum absolute atomic E-state index is 12.6. The molecule has 3 heterocycles. The van der Waals surface area contributed by atoms with Crippen LogP contribution < -0.4 is 5.32 Å². The first-order chi connectivity index (χ1) is 11.7. The van der Waals surface area contributed by atoms with E-state index in [4.69, 9.17) is 4.74 Å². The fraction of sp³-hybridized carbons (Fsp3) is 0.579. The number of carbonyl (C=O) groups is 2. The van der Waals surface area contributed by atoms with Crippen LogP contribution in [0.4, 0.5) is 0 Å². The molecular weight excluding hydrogens is 304 g/mol. The van der Waals surface area contributed by atoms with Gasteiger partial charge in [0.15, 0.2) is 0 Å². The number of nitrogens with one attached hydrogen (secondary N) is 1. The van der Waals surface area contributed by atoms with Crippen LogP contribution >= 0.6 is 0 Å². The summed E-state index contributed by atoms with van der Waals surface area (Å²) in [5.41, 5.74) is 0.851. The lowest BCUT2D eigenvalue weighted by atomic mass is 9.68. The number of piperidine rings is 1. The van der Waals surface area contributed by atoms with Gasteiger partial charge in [-0.05, 0) is 31.2 Å². The van der Waals surface area contributed by atoms with Gasteiger partial charge in [0, 0.05) is 32.2 Å². The van der Waals surface area contributed by atoms with Crippen molar-refractivity contribution in [3.8, 4) is 0 Å². The van der Waals surface area contributed by atoms with Crippen molar-refractivity contribution < 1.29 is 14.3 Å². The Labute approximate surface area is 142 Å². The second kappa shape index (κ2) is 6.20. The molecule has 3 aliphatic heterocycles. The Morgan fingerprint density at radius 2 is 1.96 bits per heavy atom. The molecule has 1 aromatic rings. The van der Waals surface area contributed by atoms with Crippen LogP contribution in [0.25, 0.3) is 0 Å². The summed E-state index contributed by atoms with van der Waals surface area (Å²) >= 11 is 0. The van der Waals surface area contributed by atoms with E-state index in [1.54, 1.807) is 0 Å². The van der Waals surface area contributed by atoms with Gasteiger partial charge in [-0.15, -0.1) is 0 Å². The minimum atomic E-state index is -0.366. The molecule has 0 radical (unpaired) electrons. The van der Waals surface area contributed by atoms with Crippen molar-refractivity contribution in [2.45, 2.75) is 37.7 Å². The van der Waals surface area contributed by atoms with E-state index in [9.17, 15) is 9.59 Å². The van der Waals surface area contributed by atoms with Gasteiger partial charge in [-0.25, -0.2) is 0 Å². The molecule has 3 aliphatic rings. The van der Waals surface area contributed by atoms with Gasteiger partial charge >= 0.3 is 0 Å². The molecule has 0 saturated carbocycles. The summed E-state index contributed by atoms with van der Waals surface area (Å²) < 4.78 is 5.53. The minimum Gasteiger partial charge on any atom is -0.368 e. The van der Waals surface area contributed by atoms with Crippen molar-refractivity contribution in [3.05, 3.63) is 35.9 Å². The molecule has 0 unspecified atom stereocenters. The average Bonchev–Trinajstić information content (AvgIpc) is 3.26. The molecule has 1 N–H and O–H groups in total. The van der Waals surface area contributed by atoms with E-state index < -0.39 is 0 Å². The van der Waals surface area contributed by atoms with Crippen molar-refractivity contribution in [3.63, 3.8) is 0 Å². The normalized spacial score (nSPS) is 29.0. The molecule has 1 aromatic carbocycles. The van der Waals surface area contributed by atoms with Crippen molar-refractivity contribution in [1.29, 1.82) is 0 Å². The third-order valence-electron chi connectivity index (χ3n) is 5.96. The number of hydrogen-bond acceptors (Lipinski definition) is 3. The molecule has 128 valence electrons. The van der Waals surface area contributed by atoms with E-state index in [0.717, 1.165) is 25.7 Å². The van der Waals surface area contributed by atoms with Crippen LogP contribution in [-0.4, -0.2) is 49.1 Å². The van der Waals surface area contributed by atoms with Crippen molar-refractivity contribution in [2.75, 3.05) is 26.2 Å². The van der Waals surface area contributed by atoms with E-state index in [1.165, 1.54) is 5.56 Å². The zero-order valence-corrected chi connectivity index (χ0v) is 13.9. The molecule has 3 saturated heterocycles. The molecule has 1 spiro atoms. The molecule has 5 heteroatoms. The Balaban J connectivity index is 1.49. The van der Waals surface area contributed by atoms with Gasteiger partial charge < -0.3 is 15.0 Å². The smallest absolute Gasteiger partial charge is 0.251 e. The van der Waals surface area contributed by atoms with Crippen molar-refractivity contribution in [2.24, 2.45) is 5.41 Å². The van der Waals surface area contributed by atoms with Crippen LogP contribution in [0.3, 0.4) is 0 Å². The Morgan fingerprint density at radius 1 is 1.21 bits per heavy atom. The predicted octanol–water partition coefficient (Wildman–Crippen LogP) is 1.69. The van der Waals surface area contributed by atoms with E-state index in [2.05, 4.69) is 17.4 Å². The number of hydrogen-bond donors (Lipinski definition) is 1. The Morgan fingerprint density at radius 3 is 2.62 bits per heavy atom. The molecular formula is C19H24N2O3. The van der Waals surface area contributed by atoms with E-state index in [1.807, 2.05) is 23.1 Å². The van der Waals surface area contributed by atoms with Crippen LogP contribution in [0.5, 0.6) is 0 Å². The van der Waals surface area contributed by atoms with Crippen LogP contribution in [0.2, 0.25) is 0 Å². The molecule has 0 aromatic heterocycles. The quantitative estimate of drug-likeness (QED) is 0.899.